The molecule has 2 aliphatic rings. The number of nitrogens with zero attached hydrogens (tertiary/aromatic N) is 4. The number of hydrogen-bond acceptors (Lipinski definition) is 7. The molecule has 0 saturated heterocycles. The van der Waals surface area contributed by atoms with E-state index in [1.807, 2.05) is 37.2 Å². The van der Waals surface area contributed by atoms with E-state index in [2.05, 4.69) is 16.5 Å². The Labute approximate surface area is 252 Å². The fourth-order valence-corrected chi connectivity index (χ4v) is 8.07. The number of nitrogens with one attached hydrogen (secondary N) is 1. The summed E-state index contributed by atoms with van der Waals surface area (Å²) in [6.45, 7) is 4.75. The van der Waals surface area contributed by atoms with Gasteiger partial charge in [0.25, 0.3) is 18.7 Å². The van der Waals surface area contributed by atoms with E-state index in [0.29, 0.717) is 42.4 Å². The summed E-state index contributed by atoms with van der Waals surface area (Å²) >= 11 is 0. The Balaban J connectivity index is 1.44. The number of carbonyl (C=O) groups excluding carboxylic acids is 2. The van der Waals surface area contributed by atoms with Crippen LogP contribution in [-0.4, -0.2) is 76.0 Å². The molecule has 1 fully saturated rings. The molecule has 0 radical (unpaired) electrons. The maximum Gasteiger partial charge on any atom is 0.285 e. The molecule has 1 saturated carbocycles. The maximum atomic E-state index is 14.1. The van der Waals surface area contributed by atoms with Gasteiger partial charge in [0.15, 0.2) is 15.5 Å². The predicted molar refractivity (Wildman–Crippen MR) is 163 cm³/mol. The van der Waals surface area contributed by atoms with Crippen LogP contribution in [0.25, 0.3) is 0 Å². The number of hydrogen-bond donors (Lipinski definition) is 2. The Bertz CT molecular complexity index is 1680. The average Bonchev–Trinajstić information content (AvgIpc) is 3.69. The number of benzene rings is 2. The minimum Gasteiger partial charge on any atom is -0.395 e. The molecule has 43 heavy (non-hydrogen) atoms. The molecule has 2 N–H and O–H groups in total. The summed E-state index contributed by atoms with van der Waals surface area (Å²) in [5.41, 5.74) is 3.46. The lowest BCUT2D eigenvalue weighted by Gasteiger charge is -2.35. The Morgan fingerprint density at radius 2 is 1.81 bits per heavy atom. The zero-order valence-electron chi connectivity index (χ0n) is 24.7. The van der Waals surface area contributed by atoms with Crippen molar-refractivity contribution in [3.8, 4) is 6.07 Å². The first-order valence-electron chi connectivity index (χ1n) is 14.5. The number of aromatic nitrogens is 2. The van der Waals surface area contributed by atoms with Crippen molar-refractivity contribution in [3.63, 3.8) is 0 Å². The third-order valence-electron chi connectivity index (χ3n) is 8.64. The standard InChI is InChI=1S/C31H36BN5O5S/c1-30(2,21-38)43(41,42)31(14-15-31)20-36-16-13-25-26(28(39)34-19-24-11-9-23(18-33)10-12-24)35-37(27(25)29(36)40)32(3)17-22-7-5-4-6-8-22/h4-12,38H,13-17,19-21H2,1-3H3,(H,34,39). The monoisotopic (exact) mass is 601 g/mol. The molecule has 3 aromatic rings. The van der Waals surface area contributed by atoms with E-state index >= 15 is 0 Å². The fraction of sp³-hybridized carbons (Fsp3) is 0.419. The molecule has 2 heterocycles. The molecular formula is C31H36BN5O5S. The van der Waals surface area contributed by atoms with Crippen molar-refractivity contribution >= 4 is 28.5 Å². The summed E-state index contributed by atoms with van der Waals surface area (Å²) in [4.78, 5) is 29.1. The third-order valence-corrected chi connectivity index (χ3v) is 11.9. The van der Waals surface area contributed by atoms with Crippen LogP contribution < -0.4 is 5.32 Å². The predicted octanol–water partition coefficient (Wildman–Crippen LogP) is 2.65. The van der Waals surface area contributed by atoms with Crippen LogP contribution in [0.15, 0.2) is 54.6 Å². The number of aliphatic hydroxyl groups is 1. The van der Waals surface area contributed by atoms with Crippen molar-refractivity contribution in [3.05, 3.63) is 88.2 Å². The van der Waals surface area contributed by atoms with E-state index in [0.717, 1.165) is 11.1 Å². The molecule has 0 atom stereocenters. The number of fused-ring (bicyclic) bond motifs is 1. The highest BCUT2D eigenvalue weighted by Crippen LogP contribution is 2.49. The van der Waals surface area contributed by atoms with Gasteiger partial charge in [-0.15, -0.1) is 0 Å². The summed E-state index contributed by atoms with van der Waals surface area (Å²) in [7, 11) is -3.74. The van der Waals surface area contributed by atoms with Crippen molar-refractivity contribution in [1.29, 1.82) is 5.26 Å². The number of nitriles is 1. The molecule has 1 aliphatic carbocycles. The second-order valence-electron chi connectivity index (χ2n) is 12.2. The number of sulfone groups is 1. The van der Waals surface area contributed by atoms with E-state index in [-0.39, 0.29) is 38.1 Å². The first kappa shape index (κ1) is 30.5. The minimum absolute atomic E-state index is 0.0372. The lowest BCUT2D eigenvalue weighted by molar-refractivity contribution is 0.0727. The van der Waals surface area contributed by atoms with Gasteiger partial charge in [-0.25, -0.2) is 8.42 Å². The van der Waals surface area contributed by atoms with Crippen LogP contribution in [0.4, 0.5) is 0 Å². The molecule has 1 aliphatic heterocycles. The maximum absolute atomic E-state index is 14.1. The van der Waals surface area contributed by atoms with Gasteiger partial charge in [0.05, 0.1) is 27.7 Å². The molecule has 12 heteroatoms. The Hall–Kier alpha value is -3.95. The van der Waals surface area contributed by atoms with Gasteiger partial charge in [-0.1, -0.05) is 54.9 Å². The molecular weight excluding hydrogens is 565 g/mol. The van der Waals surface area contributed by atoms with Crippen LogP contribution in [0, 0.1) is 11.3 Å². The van der Waals surface area contributed by atoms with Gasteiger partial charge in [0.1, 0.15) is 5.69 Å². The molecule has 5 rings (SSSR count). The highest BCUT2D eigenvalue weighted by atomic mass is 32.2. The first-order chi connectivity index (χ1) is 20.4. The number of amides is 2. The molecule has 1 aromatic heterocycles. The highest BCUT2D eigenvalue weighted by molar-refractivity contribution is 7.94. The Kier molecular flexibility index (Phi) is 8.25. The van der Waals surface area contributed by atoms with Crippen molar-refractivity contribution < 1.29 is 23.1 Å². The fourth-order valence-electron chi connectivity index (χ4n) is 5.76. The van der Waals surface area contributed by atoms with Crippen molar-refractivity contribution in [2.24, 2.45) is 0 Å². The van der Waals surface area contributed by atoms with Crippen LogP contribution in [0.2, 0.25) is 6.82 Å². The smallest absolute Gasteiger partial charge is 0.285 e. The molecule has 2 aromatic carbocycles. The van der Waals surface area contributed by atoms with Crippen molar-refractivity contribution in [2.45, 2.75) is 62.3 Å². The van der Waals surface area contributed by atoms with Crippen LogP contribution in [-0.2, 0) is 29.1 Å². The van der Waals surface area contributed by atoms with Gasteiger partial charge in [0.2, 0.25) is 0 Å². The van der Waals surface area contributed by atoms with Crippen LogP contribution >= 0.6 is 0 Å². The van der Waals surface area contributed by atoms with E-state index in [1.165, 1.54) is 13.8 Å². The lowest BCUT2D eigenvalue weighted by Crippen LogP contribution is -2.52. The SMILES string of the molecule is CB(Cc1ccccc1)n1nc(C(=O)NCc2ccc(C#N)cc2)c2c1C(=O)N(CC1(S(=O)(=O)C(C)(C)CO)CC1)CC2. The third kappa shape index (κ3) is 5.71. The minimum atomic E-state index is -3.74. The number of carbonyl (C=O) groups is 2. The summed E-state index contributed by atoms with van der Waals surface area (Å²) in [6, 6.07) is 18.8. The van der Waals surface area contributed by atoms with Gasteiger partial charge in [-0.2, -0.15) is 10.4 Å². The molecule has 0 bridgehead atoms. The Morgan fingerprint density at radius 3 is 2.42 bits per heavy atom. The molecule has 0 spiro atoms. The van der Waals surface area contributed by atoms with Crippen LogP contribution in [0.5, 0.6) is 0 Å². The Morgan fingerprint density at radius 1 is 1.14 bits per heavy atom. The topological polar surface area (TPSA) is 145 Å². The van der Waals surface area contributed by atoms with Crippen LogP contribution in [0.1, 0.15) is 69.9 Å². The van der Waals surface area contributed by atoms with Crippen LogP contribution in [0.3, 0.4) is 0 Å². The second-order valence-corrected chi connectivity index (χ2v) is 15.2. The zero-order valence-corrected chi connectivity index (χ0v) is 25.5. The summed E-state index contributed by atoms with van der Waals surface area (Å²) in [5.74, 6) is -0.749. The normalized spacial score (nSPS) is 15.9. The van der Waals surface area contributed by atoms with Gasteiger partial charge >= 0.3 is 0 Å². The molecule has 224 valence electrons. The number of aliphatic hydroxyl groups excluding tert-OH is 1. The summed E-state index contributed by atoms with van der Waals surface area (Å²) < 4.78 is 26.2. The zero-order chi connectivity index (χ0) is 31.0. The van der Waals surface area contributed by atoms with Crippen molar-refractivity contribution in [1.82, 2.24) is 19.9 Å². The largest absolute Gasteiger partial charge is 0.395 e. The molecule has 10 nitrogen and oxygen atoms in total. The van der Waals surface area contributed by atoms with Gasteiger partial charge in [-0.3, -0.25) is 9.59 Å². The van der Waals surface area contributed by atoms with Gasteiger partial charge < -0.3 is 19.9 Å². The van der Waals surface area contributed by atoms with E-state index in [4.69, 9.17) is 5.26 Å². The van der Waals surface area contributed by atoms with Crippen molar-refractivity contribution in [2.75, 3.05) is 19.7 Å². The highest BCUT2D eigenvalue weighted by Gasteiger charge is 2.60. The van der Waals surface area contributed by atoms with E-state index < -0.39 is 31.8 Å². The summed E-state index contributed by atoms with van der Waals surface area (Å²) in [5, 5.41) is 26.4. The first-order valence-corrected chi connectivity index (χ1v) is 16.0. The van der Waals surface area contributed by atoms with Gasteiger partial charge in [-0.05, 0) is 57.1 Å². The van der Waals surface area contributed by atoms with Gasteiger partial charge in [0, 0.05) is 25.2 Å². The molecule has 2 amide bonds. The molecule has 0 unspecified atom stereocenters. The average molecular weight is 602 g/mol. The second kappa shape index (κ2) is 11.6. The quantitative estimate of drug-likeness (QED) is 0.322. The summed E-state index contributed by atoms with van der Waals surface area (Å²) in [6.07, 6.45) is 1.81. The van der Waals surface area contributed by atoms with E-state index in [1.54, 1.807) is 33.8 Å². The number of rotatable bonds is 11. The van der Waals surface area contributed by atoms with E-state index in [9.17, 15) is 23.1 Å². The lowest BCUT2D eigenvalue weighted by atomic mass is 9.60.